The topological polar surface area (TPSA) is 112 Å². The number of anilines is 2. The fraction of sp³-hybridized carbons (Fsp3) is 0.346. The van der Waals surface area contributed by atoms with E-state index in [0.717, 1.165) is 16.9 Å². The molecule has 4 aromatic rings. The van der Waals surface area contributed by atoms with Gasteiger partial charge in [-0.2, -0.15) is 0 Å². The lowest BCUT2D eigenvalue weighted by atomic mass is 10.0. The molecule has 1 amide bonds. The van der Waals surface area contributed by atoms with Crippen LogP contribution < -0.4 is 16.2 Å². The number of fused-ring (bicyclic) bond motifs is 1. The van der Waals surface area contributed by atoms with Crippen LogP contribution in [0.2, 0.25) is 0 Å². The summed E-state index contributed by atoms with van der Waals surface area (Å²) in [5.74, 6) is -0.320. The Labute approximate surface area is 212 Å². The number of nitrogens with one attached hydrogen (secondary N) is 3. The molecule has 0 aliphatic rings. The third-order valence-electron chi connectivity index (χ3n) is 6.02. The van der Waals surface area contributed by atoms with Crippen LogP contribution >= 0.6 is 11.3 Å². The SMILES string of the molecule is CCNC(=O)c1cc2c(-c3sc(C(F)C(C)(C)O)cc3Nc3c(C)ccnc3C)cn(C)c(=O)c2[nH]1. The van der Waals surface area contributed by atoms with E-state index in [1.54, 1.807) is 31.6 Å². The molecule has 1 unspecified atom stereocenters. The Hall–Kier alpha value is -3.50. The zero-order chi connectivity index (χ0) is 26.4. The lowest BCUT2D eigenvalue weighted by Gasteiger charge is -2.20. The maximum absolute atomic E-state index is 15.3. The van der Waals surface area contributed by atoms with E-state index in [0.29, 0.717) is 32.9 Å². The summed E-state index contributed by atoms with van der Waals surface area (Å²) in [4.78, 5) is 33.7. The number of aromatic amines is 1. The van der Waals surface area contributed by atoms with Crippen LogP contribution in [0.1, 0.15) is 53.6 Å². The number of alkyl halides is 1. The second-order valence-electron chi connectivity index (χ2n) is 9.41. The van der Waals surface area contributed by atoms with Crippen molar-refractivity contribution in [3.63, 3.8) is 0 Å². The molecule has 0 aliphatic heterocycles. The van der Waals surface area contributed by atoms with Gasteiger partial charge in [0.15, 0.2) is 6.17 Å². The summed E-state index contributed by atoms with van der Waals surface area (Å²) in [6, 6.07) is 5.21. The van der Waals surface area contributed by atoms with E-state index in [1.165, 1.54) is 29.8 Å². The molecule has 0 bridgehead atoms. The van der Waals surface area contributed by atoms with Crippen LogP contribution in [0, 0.1) is 13.8 Å². The standard InChI is InChI=1S/C26H30FN5O3S/c1-7-28-24(33)18-10-15-16(12-32(6)25(34)21(15)31-18)22-17(11-19(36-22)23(27)26(4,5)35)30-20-13(2)8-9-29-14(20)3/h8-12,23,30-31,35H,7H2,1-6H3,(H,28,33). The minimum atomic E-state index is -1.63. The minimum absolute atomic E-state index is 0.265. The highest BCUT2D eigenvalue weighted by Crippen LogP contribution is 2.46. The maximum atomic E-state index is 15.3. The number of hydrogen-bond donors (Lipinski definition) is 4. The van der Waals surface area contributed by atoms with E-state index in [4.69, 9.17) is 0 Å². The summed E-state index contributed by atoms with van der Waals surface area (Å²) in [7, 11) is 1.63. The van der Waals surface area contributed by atoms with Crippen molar-refractivity contribution in [1.29, 1.82) is 0 Å². The number of aryl methyl sites for hydroxylation is 3. The molecule has 190 valence electrons. The monoisotopic (exact) mass is 511 g/mol. The number of pyridine rings is 2. The number of carbonyl (C=O) groups excluding carboxylic acids is 1. The normalized spacial score (nSPS) is 12.7. The van der Waals surface area contributed by atoms with E-state index in [2.05, 4.69) is 20.6 Å². The van der Waals surface area contributed by atoms with Crippen molar-refractivity contribution in [2.45, 2.75) is 46.4 Å². The Morgan fingerprint density at radius 2 is 2.06 bits per heavy atom. The Morgan fingerprint density at radius 1 is 1.33 bits per heavy atom. The highest BCUT2D eigenvalue weighted by Gasteiger charge is 2.31. The highest BCUT2D eigenvalue weighted by molar-refractivity contribution is 7.16. The molecular weight excluding hydrogens is 481 g/mol. The van der Waals surface area contributed by atoms with Gasteiger partial charge in [-0.25, -0.2) is 4.39 Å². The first-order valence-corrected chi connectivity index (χ1v) is 12.4. The zero-order valence-corrected chi connectivity index (χ0v) is 21.9. The van der Waals surface area contributed by atoms with Gasteiger partial charge < -0.3 is 25.3 Å². The van der Waals surface area contributed by atoms with Gasteiger partial charge in [-0.05, 0) is 58.4 Å². The van der Waals surface area contributed by atoms with Crippen LogP contribution in [0.25, 0.3) is 21.3 Å². The van der Waals surface area contributed by atoms with E-state index in [9.17, 15) is 14.7 Å². The molecule has 0 radical (unpaired) electrons. The number of H-pyrrole nitrogens is 1. The number of aliphatic hydroxyl groups is 1. The molecular formula is C26H30FN5O3S. The average Bonchev–Trinajstić information content (AvgIpc) is 3.43. The summed E-state index contributed by atoms with van der Waals surface area (Å²) in [5, 5.41) is 17.1. The van der Waals surface area contributed by atoms with Crippen LogP contribution in [0.15, 0.2) is 35.4 Å². The molecule has 4 heterocycles. The van der Waals surface area contributed by atoms with Gasteiger partial charge >= 0.3 is 0 Å². The number of thiophene rings is 1. The summed E-state index contributed by atoms with van der Waals surface area (Å²) < 4.78 is 16.7. The van der Waals surface area contributed by atoms with Gasteiger partial charge in [-0.15, -0.1) is 11.3 Å². The molecule has 4 N–H and O–H groups in total. The fourth-order valence-electron chi connectivity index (χ4n) is 4.09. The quantitative estimate of drug-likeness (QED) is 0.283. The summed E-state index contributed by atoms with van der Waals surface area (Å²) in [5.41, 5.74) is 2.48. The molecule has 0 saturated heterocycles. The molecule has 0 saturated carbocycles. The molecule has 8 nitrogen and oxygen atoms in total. The molecule has 0 aliphatic carbocycles. The van der Waals surface area contributed by atoms with E-state index in [1.807, 2.05) is 26.8 Å². The van der Waals surface area contributed by atoms with Crippen molar-refractivity contribution in [1.82, 2.24) is 19.9 Å². The van der Waals surface area contributed by atoms with Crippen LogP contribution in [0.3, 0.4) is 0 Å². The zero-order valence-electron chi connectivity index (χ0n) is 21.1. The van der Waals surface area contributed by atoms with Crippen LogP contribution in [-0.4, -0.2) is 37.7 Å². The first-order valence-electron chi connectivity index (χ1n) is 11.6. The number of halogens is 1. The Kier molecular flexibility index (Phi) is 6.76. The number of carbonyl (C=O) groups is 1. The predicted molar refractivity (Wildman–Crippen MR) is 142 cm³/mol. The number of amides is 1. The maximum Gasteiger partial charge on any atom is 0.274 e. The number of rotatable bonds is 7. The molecule has 10 heteroatoms. The first-order chi connectivity index (χ1) is 16.9. The Balaban J connectivity index is 1.97. The number of hydrogen-bond acceptors (Lipinski definition) is 6. The summed E-state index contributed by atoms with van der Waals surface area (Å²) in [6.07, 6.45) is 1.77. The number of aromatic nitrogens is 3. The predicted octanol–water partition coefficient (Wildman–Crippen LogP) is 4.88. The summed E-state index contributed by atoms with van der Waals surface area (Å²) >= 11 is 1.19. The minimum Gasteiger partial charge on any atom is -0.387 e. The third kappa shape index (κ3) is 4.66. The largest absolute Gasteiger partial charge is 0.387 e. The van der Waals surface area contributed by atoms with Crippen LogP contribution in [-0.2, 0) is 7.05 Å². The lowest BCUT2D eigenvalue weighted by molar-refractivity contribution is -0.00255. The van der Waals surface area contributed by atoms with Gasteiger partial charge in [0.1, 0.15) is 11.2 Å². The first kappa shape index (κ1) is 25.6. The van der Waals surface area contributed by atoms with Crippen molar-refractivity contribution >= 4 is 39.5 Å². The Morgan fingerprint density at radius 3 is 2.69 bits per heavy atom. The molecule has 36 heavy (non-hydrogen) atoms. The second kappa shape index (κ2) is 9.51. The molecule has 0 aromatic carbocycles. The van der Waals surface area contributed by atoms with Gasteiger partial charge in [0.25, 0.3) is 11.5 Å². The van der Waals surface area contributed by atoms with E-state index >= 15 is 4.39 Å². The van der Waals surface area contributed by atoms with Gasteiger partial charge in [-0.1, -0.05) is 0 Å². The van der Waals surface area contributed by atoms with Crippen molar-refractivity contribution in [2.75, 3.05) is 11.9 Å². The van der Waals surface area contributed by atoms with Gasteiger partial charge in [0.2, 0.25) is 0 Å². The van der Waals surface area contributed by atoms with Crippen LogP contribution in [0.5, 0.6) is 0 Å². The second-order valence-corrected chi connectivity index (χ2v) is 10.5. The van der Waals surface area contributed by atoms with Crippen molar-refractivity contribution < 1.29 is 14.3 Å². The molecule has 4 aromatic heterocycles. The van der Waals surface area contributed by atoms with Crippen molar-refractivity contribution in [3.8, 4) is 10.4 Å². The van der Waals surface area contributed by atoms with Gasteiger partial charge in [0, 0.05) is 41.8 Å². The molecule has 0 fully saturated rings. The van der Waals surface area contributed by atoms with E-state index < -0.39 is 11.8 Å². The average molecular weight is 512 g/mol. The number of nitrogens with zero attached hydrogens (tertiary/aromatic N) is 2. The molecule has 0 spiro atoms. The molecule has 4 rings (SSSR count). The summed E-state index contributed by atoms with van der Waals surface area (Å²) in [6.45, 7) is 8.94. The highest BCUT2D eigenvalue weighted by atomic mass is 32.1. The lowest BCUT2D eigenvalue weighted by Crippen LogP contribution is -2.25. The Bertz CT molecular complexity index is 1490. The van der Waals surface area contributed by atoms with E-state index in [-0.39, 0.29) is 22.7 Å². The van der Waals surface area contributed by atoms with Crippen molar-refractivity contribution in [3.05, 3.63) is 62.8 Å². The third-order valence-corrected chi connectivity index (χ3v) is 7.23. The fourth-order valence-corrected chi connectivity index (χ4v) is 5.38. The van der Waals surface area contributed by atoms with Gasteiger partial charge in [0.05, 0.1) is 27.5 Å². The van der Waals surface area contributed by atoms with Gasteiger partial charge in [-0.3, -0.25) is 14.6 Å². The smallest absolute Gasteiger partial charge is 0.274 e. The van der Waals surface area contributed by atoms with Crippen LogP contribution in [0.4, 0.5) is 15.8 Å². The molecule has 1 atom stereocenters. The van der Waals surface area contributed by atoms with Crippen molar-refractivity contribution in [2.24, 2.45) is 7.05 Å².